The van der Waals surface area contributed by atoms with E-state index in [0.29, 0.717) is 11.3 Å². The smallest absolute Gasteiger partial charge is 0.132 e. The van der Waals surface area contributed by atoms with E-state index in [2.05, 4.69) is 5.32 Å². The van der Waals surface area contributed by atoms with E-state index in [4.69, 9.17) is 9.15 Å². The molecular formula is C17H22FNO2. The zero-order valence-electron chi connectivity index (χ0n) is 13.2. The van der Waals surface area contributed by atoms with Gasteiger partial charge in [-0.3, -0.25) is 0 Å². The predicted molar refractivity (Wildman–Crippen MR) is 81.4 cm³/mol. The van der Waals surface area contributed by atoms with Crippen LogP contribution in [0.15, 0.2) is 22.6 Å². The van der Waals surface area contributed by atoms with Gasteiger partial charge in [-0.25, -0.2) is 4.39 Å². The molecule has 0 bridgehead atoms. The summed E-state index contributed by atoms with van der Waals surface area (Å²) in [5.74, 6) is 1.94. The third kappa shape index (κ3) is 2.95. The lowest BCUT2D eigenvalue weighted by molar-refractivity contribution is 0.410. The van der Waals surface area contributed by atoms with E-state index in [1.807, 2.05) is 27.7 Å². The van der Waals surface area contributed by atoms with Crippen LogP contribution in [0.2, 0.25) is 0 Å². The Hall–Kier alpha value is -1.81. The number of aryl methyl sites for hydroxylation is 2. The fourth-order valence-corrected chi connectivity index (χ4v) is 2.68. The highest BCUT2D eigenvalue weighted by Gasteiger charge is 2.24. The molecule has 1 aromatic heterocycles. The normalized spacial score (nSPS) is 12.5. The van der Waals surface area contributed by atoms with Gasteiger partial charge in [-0.2, -0.15) is 0 Å². The van der Waals surface area contributed by atoms with Crippen LogP contribution in [0.25, 0.3) is 0 Å². The standard InChI is InChI=1S/C17H22FNO2/c1-6-19-17(16-10(2)11(3)21-12(16)4)14-8-7-13(20-5)9-15(14)18/h7-9,17,19H,6H2,1-5H3. The second-order valence-electron chi connectivity index (χ2n) is 5.13. The summed E-state index contributed by atoms with van der Waals surface area (Å²) < 4.78 is 25.2. The predicted octanol–water partition coefficient (Wildman–Crippen LogP) is 4.05. The molecule has 0 radical (unpaired) electrons. The van der Waals surface area contributed by atoms with Crippen molar-refractivity contribution in [3.63, 3.8) is 0 Å². The Morgan fingerprint density at radius 2 is 1.95 bits per heavy atom. The fourth-order valence-electron chi connectivity index (χ4n) is 2.68. The zero-order valence-corrected chi connectivity index (χ0v) is 13.2. The van der Waals surface area contributed by atoms with Gasteiger partial charge in [-0.1, -0.05) is 13.0 Å². The number of halogens is 1. The molecule has 0 aliphatic rings. The van der Waals surface area contributed by atoms with Crippen molar-refractivity contribution in [2.45, 2.75) is 33.7 Å². The summed E-state index contributed by atoms with van der Waals surface area (Å²) in [5, 5.41) is 3.35. The van der Waals surface area contributed by atoms with Gasteiger partial charge in [-0.15, -0.1) is 0 Å². The SMILES string of the molecule is CCNC(c1ccc(OC)cc1F)c1c(C)oc(C)c1C. The number of benzene rings is 1. The summed E-state index contributed by atoms with van der Waals surface area (Å²) in [6, 6.07) is 4.73. The minimum Gasteiger partial charge on any atom is -0.497 e. The van der Waals surface area contributed by atoms with Crippen molar-refractivity contribution in [1.82, 2.24) is 5.32 Å². The maximum Gasteiger partial charge on any atom is 0.132 e. The van der Waals surface area contributed by atoms with Crippen molar-refractivity contribution in [2.24, 2.45) is 0 Å². The van der Waals surface area contributed by atoms with Gasteiger partial charge < -0.3 is 14.5 Å². The molecule has 3 nitrogen and oxygen atoms in total. The van der Waals surface area contributed by atoms with Crippen molar-refractivity contribution >= 4 is 0 Å². The molecule has 2 rings (SSSR count). The molecule has 1 atom stereocenters. The van der Waals surface area contributed by atoms with Crippen LogP contribution in [0, 0.1) is 26.6 Å². The van der Waals surface area contributed by atoms with Crippen molar-refractivity contribution in [2.75, 3.05) is 13.7 Å². The second kappa shape index (κ2) is 6.31. The molecule has 0 saturated heterocycles. The molecule has 1 heterocycles. The molecule has 4 heteroatoms. The van der Waals surface area contributed by atoms with Gasteiger partial charge in [0, 0.05) is 17.2 Å². The summed E-state index contributed by atoms with van der Waals surface area (Å²) in [5.41, 5.74) is 2.68. The van der Waals surface area contributed by atoms with E-state index in [9.17, 15) is 4.39 Å². The van der Waals surface area contributed by atoms with Crippen molar-refractivity contribution < 1.29 is 13.5 Å². The summed E-state index contributed by atoms with van der Waals surface area (Å²) in [7, 11) is 1.53. The van der Waals surface area contributed by atoms with E-state index in [0.717, 1.165) is 29.2 Å². The molecule has 0 spiro atoms. The average Bonchev–Trinajstić information content (AvgIpc) is 2.70. The molecule has 1 N–H and O–H groups in total. The highest BCUT2D eigenvalue weighted by atomic mass is 19.1. The summed E-state index contributed by atoms with van der Waals surface area (Å²) in [4.78, 5) is 0. The van der Waals surface area contributed by atoms with Crippen LogP contribution in [0.4, 0.5) is 4.39 Å². The van der Waals surface area contributed by atoms with Gasteiger partial charge in [0.15, 0.2) is 0 Å². The molecule has 114 valence electrons. The molecular weight excluding hydrogens is 269 g/mol. The lowest BCUT2D eigenvalue weighted by Crippen LogP contribution is -2.24. The Morgan fingerprint density at radius 1 is 1.24 bits per heavy atom. The van der Waals surface area contributed by atoms with E-state index >= 15 is 0 Å². The molecule has 0 saturated carbocycles. The molecule has 1 aromatic carbocycles. The first-order chi connectivity index (χ1) is 9.99. The largest absolute Gasteiger partial charge is 0.497 e. The fraction of sp³-hybridized carbons (Fsp3) is 0.412. The van der Waals surface area contributed by atoms with Crippen LogP contribution in [-0.2, 0) is 0 Å². The topological polar surface area (TPSA) is 34.4 Å². The van der Waals surface area contributed by atoms with Crippen molar-refractivity contribution in [3.05, 3.63) is 52.2 Å². The summed E-state index contributed by atoms with van der Waals surface area (Å²) in [6.07, 6.45) is 0. The lowest BCUT2D eigenvalue weighted by atomic mass is 9.95. The third-order valence-corrected chi connectivity index (χ3v) is 3.83. The van der Waals surface area contributed by atoms with Crippen LogP contribution >= 0.6 is 0 Å². The van der Waals surface area contributed by atoms with Gasteiger partial charge in [0.05, 0.1) is 13.2 Å². The zero-order chi connectivity index (χ0) is 15.6. The molecule has 21 heavy (non-hydrogen) atoms. The van der Waals surface area contributed by atoms with Crippen LogP contribution < -0.4 is 10.1 Å². The van der Waals surface area contributed by atoms with Crippen LogP contribution in [-0.4, -0.2) is 13.7 Å². The van der Waals surface area contributed by atoms with Crippen LogP contribution in [0.5, 0.6) is 5.75 Å². The molecule has 0 aliphatic heterocycles. The number of hydrogen-bond acceptors (Lipinski definition) is 3. The highest BCUT2D eigenvalue weighted by Crippen LogP contribution is 2.33. The van der Waals surface area contributed by atoms with Crippen LogP contribution in [0.1, 0.15) is 41.2 Å². The minimum atomic E-state index is -0.280. The van der Waals surface area contributed by atoms with Gasteiger partial charge in [-0.05, 0) is 38.9 Å². The number of ether oxygens (including phenoxy) is 1. The van der Waals surface area contributed by atoms with E-state index < -0.39 is 0 Å². The van der Waals surface area contributed by atoms with Crippen molar-refractivity contribution in [1.29, 1.82) is 0 Å². The summed E-state index contributed by atoms with van der Waals surface area (Å²) in [6.45, 7) is 8.60. The first-order valence-corrected chi connectivity index (χ1v) is 7.12. The number of furan rings is 1. The van der Waals surface area contributed by atoms with Gasteiger partial charge in [0.1, 0.15) is 23.1 Å². The Morgan fingerprint density at radius 3 is 2.43 bits per heavy atom. The quantitative estimate of drug-likeness (QED) is 0.902. The minimum absolute atomic E-state index is 0.224. The lowest BCUT2D eigenvalue weighted by Gasteiger charge is -2.20. The molecule has 0 fully saturated rings. The second-order valence-corrected chi connectivity index (χ2v) is 5.13. The number of rotatable bonds is 5. The Kier molecular flexibility index (Phi) is 4.68. The maximum absolute atomic E-state index is 14.4. The average molecular weight is 291 g/mol. The van der Waals surface area contributed by atoms with Gasteiger partial charge >= 0.3 is 0 Å². The number of nitrogens with one attached hydrogen (secondary N) is 1. The van der Waals surface area contributed by atoms with E-state index in [1.54, 1.807) is 12.1 Å². The first kappa shape index (κ1) is 15.6. The monoisotopic (exact) mass is 291 g/mol. The Labute approximate surface area is 125 Å². The third-order valence-electron chi connectivity index (χ3n) is 3.83. The van der Waals surface area contributed by atoms with Crippen molar-refractivity contribution in [3.8, 4) is 5.75 Å². The van der Waals surface area contributed by atoms with E-state index in [1.165, 1.54) is 13.2 Å². The molecule has 0 aliphatic carbocycles. The molecule has 1 unspecified atom stereocenters. The maximum atomic E-state index is 14.4. The summed E-state index contributed by atoms with van der Waals surface area (Å²) >= 11 is 0. The first-order valence-electron chi connectivity index (χ1n) is 7.12. The number of methoxy groups -OCH3 is 1. The Balaban J connectivity index is 2.53. The highest BCUT2D eigenvalue weighted by molar-refractivity contribution is 5.42. The Bertz CT molecular complexity index is 634. The van der Waals surface area contributed by atoms with Crippen LogP contribution in [0.3, 0.4) is 0 Å². The molecule has 2 aromatic rings. The van der Waals surface area contributed by atoms with E-state index in [-0.39, 0.29) is 11.9 Å². The molecule has 0 amide bonds. The van der Waals surface area contributed by atoms with Gasteiger partial charge in [0.25, 0.3) is 0 Å². The number of hydrogen-bond donors (Lipinski definition) is 1. The van der Waals surface area contributed by atoms with Gasteiger partial charge in [0.2, 0.25) is 0 Å².